The number of hydrogen-bond donors (Lipinski definition) is 1. The summed E-state index contributed by atoms with van der Waals surface area (Å²) in [5.41, 5.74) is 0. The minimum absolute atomic E-state index is 0.134. The lowest BCUT2D eigenvalue weighted by molar-refractivity contribution is 0.149. The van der Waals surface area contributed by atoms with Gasteiger partial charge in [-0.1, -0.05) is 13.3 Å². The van der Waals surface area contributed by atoms with Crippen LogP contribution in [0.4, 0.5) is 0 Å². The van der Waals surface area contributed by atoms with Crippen molar-refractivity contribution >= 4 is 0 Å². The number of nitrogens with zero attached hydrogens (tertiary/aromatic N) is 1. The van der Waals surface area contributed by atoms with Crippen molar-refractivity contribution in [2.75, 3.05) is 20.6 Å². The summed E-state index contributed by atoms with van der Waals surface area (Å²) in [4.78, 5) is 2.00. The molecular formula is C7H17NO+. The Morgan fingerprint density at radius 2 is 2.00 bits per heavy atom. The molecule has 1 atom stereocenters. The third-order valence-electron chi connectivity index (χ3n) is 1.20. The molecule has 0 fully saturated rings. The van der Waals surface area contributed by atoms with E-state index in [9.17, 15) is 5.11 Å². The number of aliphatic hydroxyl groups excluding tert-OH is 1. The lowest BCUT2D eigenvalue weighted by Gasteiger charge is -2.06. The Morgan fingerprint density at radius 3 is 2.33 bits per heavy atom. The van der Waals surface area contributed by atoms with Crippen molar-refractivity contribution in [2.24, 2.45) is 0 Å². The monoisotopic (exact) mass is 131 g/mol. The Kier molecular flexibility index (Phi) is 4.72. The van der Waals surface area contributed by atoms with E-state index in [2.05, 4.69) is 6.92 Å². The highest BCUT2D eigenvalue weighted by molar-refractivity contribution is 4.59. The van der Waals surface area contributed by atoms with Crippen LogP contribution in [0, 0.1) is 0 Å². The van der Waals surface area contributed by atoms with Gasteiger partial charge in [0.15, 0.2) is 0 Å². The van der Waals surface area contributed by atoms with Crippen molar-refractivity contribution in [3.05, 3.63) is 0 Å². The van der Waals surface area contributed by atoms with E-state index in [4.69, 9.17) is 0 Å². The molecule has 0 aromatic heterocycles. The van der Waals surface area contributed by atoms with Gasteiger partial charge in [-0.15, -0.1) is 0 Å². The summed E-state index contributed by atoms with van der Waals surface area (Å²) >= 11 is 0. The molecule has 0 saturated carbocycles. The maximum Gasteiger partial charge on any atom is 0.148 e. The third-order valence-corrected chi connectivity index (χ3v) is 1.20. The summed E-state index contributed by atoms with van der Waals surface area (Å²) in [6.07, 6.45) is 1.85. The molecule has 0 aromatic carbocycles. The Bertz CT molecular complexity index is 63.9. The standard InChI is InChI=1S/C7H17NO/c1-4-5-7(9)6-8(2)3/h7,9H,4-6H2,1-3H3/q+1. The molecule has 55 valence electrons. The van der Waals surface area contributed by atoms with Gasteiger partial charge in [-0.3, -0.25) is 0 Å². The van der Waals surface area contributed by atoms with Gasteiger partial charge in [0.05, 0.1) is 0 Å². The first-order chi connectivity index (χ1) is 4.16. The van der Waals surface area contributed by atoms with Crippen LogP contribution in [0.2, 0.25) is 0 Å². The van der Waals surface area contributed by atoms with Crippen LogP contribution < -0.4 is 4.90 Å². The molecule has 0 aromatic rings. The van der Waals surface area contributed by atoms with E-state index in [0.29, 0.717) is 0 Å². The highest BCUT2D eigenvalue weighted by atomic mass is 16.3. The zero-order valence-corrected chi connectivity index (χ0v) is 6.59. The maximum atomic E-state index is 9.18. The highest BCUT2D eigenvalue weighted by Gasteiger charge is 2.08. The molecular weight excluding hydrogens is 114 g/mol. The van der Waals surface area contributed by atoms with Crippen molar-refractivity contribution in [1.82, 2.24) is 4.90 Å². The topological polar surface area (TPSA) is 26.1 Å². The number of rotatable bonds is 4. The third kappa shape index (κ3) is 5.80. The molecule has 0 heterocycles. The number of aliphatic hydroxyl groups is 1. The predicted octanol–water partition coefficient (Wildman–Crippen LogP) is 0.547. The summed E-state index contributed by atoms with van der Waals surface area (Å²) in [5.74, 6) is 0. The average Bonchev–Trinajstić information content (AvgIpc) is 1.63. The fourth-order valence-electron chi connectivity index (χ4n) is 0.846. The molecule has 2 heteroatoms. The van der Waals surface area contributed by atoms with E-state index >= 15 is 0 Å². The van der Waals surface area contributed by atoms with Crippen molar-refractivity contribution in [1.29, 1.82) is 0 Å². The zero-order chi connectivity index (χ0) is 7.28. The molecule has 9 heavy (non-hydrogen) atoms. The summed E-state index contributed by atoms with van der Waals surface area (Å²) in [7, 11) is 3.94. The van der Waals surface area contributed by atoms with Gasteiger partial charge in [-0.25, -0.2) is 0 Å². The Hall–Kier alpha value is -0.0800. The van der Waals surface area contributed by atoms with E-state index in [1.807, 2.05) is 19.0 Å². The first-order valence-electron chi connectivity index (χ1n) is 3.49. The second-order valence-corrected chi connectivity index (χ2v) is 2.70. The van der Waals surface area contributed by atoms with Gasteiger partial charge in [-0.2, -0.15) is 4.90 Å². The van der Waals surface area contributed by atoms with E-state index < -0.39 is 0 Å². The predicted molar refractivity (Wildman–Crippen MR) is 39.8 cm³/mol. The van der Waals surface area contributed by atoms with Crippen LogP contribution in [0.5, 0.6) is 0 Å². The molecule has 0 bridgehead atoms. The molecule has 0 aliphatic heterocycles. The van der Waals surface area contributed by atoms with Gasteiger partial charge >= 0.3 is 0 Å². The van der Waals surface area contributed by atoms with Crippen LogP contribution in [0.25, 0.3) is 0 Å². The van der Waals surface area contributed by atoms with Crippen LogP contribution in [0.15, 0.2) is 0 Å². The fraction of sp³-hybridized carbons (Fsp3) is 1.00. The summed E-state index contributed by atoms with van der Waals surface area (Å²) in [5, 5.41) is 9.18. The van der Waals surface area contributed by atoms with Gasteiger partial charge in [0.2, 0.25) is 0 Å². The minimum atomic E-state index is -0.134. The largest absolute Gasteiger partial charge is 0.387 e. The highest BCUT2D eigenvalue weighted by Crippen LogP contribution is 1.94. The molecule has 2 nitrogen and oxygen atoms in total. The second kappa shape index (κ2) is 4.77. The lowest BCUT2D eigenvalue weighted by Crippen LogP contribution is -2.29. The van der Waals surface area contributed by atoms with Gasteiger partial charge in [-0.05, 0) is 6.42 Å². The molecule has 0 saturated heterocycles. The van der Waals surface area contributed by atoms with E-state index in [-0.39, 0.29) is 6.10 Å². The van der Waals surface area contributed by atoms with Crippen LogP contribution in [0.3, 0.4) is 0 Å². The van der Waals surface area contributed by atoms with Crippen LogP contribution >= 0.6 is 0 Å². The molecule has 1 N–H and O–H groups in total. The van der Waals surface area contributed by atoms with Gasteiger partial charge < -0.3 is 5.11 Å². The summed E-state index contributed by atoms with van der Waals surface area (Å²) in [6.45, 7) is 2.87. The fourth-order valence-corrected chi connectivity index (χ4v) is 0.846. The first-order valence-corrected chi connectivity index (χ1v) is 3.49. The number of hydrogen-bond acceptors (Lipinski definition) is 2. The Morgan fingerprint density at radius 1 is 1.44 bits per heavy atom. The molecule has 1 radical (unpaired) electrons. The van der Waals surface area contributed by atoms with Crippen LogP contribution in [-0.4, -0.2) is 31.9 Å². The molecule has 0 amide bonds. The number of likely N-dealkylation sites (N-methyl/N-ethyl adjacent to an activating group) is 1. The molecule has 1 unspecified atom stereocenters. The SMILES string of the molecule is CCCC(O)C[N+](C)C. The smallest absolute Gasteiger partial charge is 0.148 e. The minimum Gasteiger partial charge on any atom is -0.387 e. The second-order valence-electron chi connectivity index (χ2n) is 2.70. The van der Waals surface area contributed by atoms with E-state index in [0.717, 1.165) is 19.4 Å². The van der Waals surface area contributed by atoms with Crippen molar-refractivity contribution in [2.45, 2.75) is 25.9 Å². The quantitative estimate of drug-likeness (QED) is 0.554. The van der Waals surface area contributed by atoms with Crippen molar-refractivity contribution in [3.63, 3.8) is 0 Å². The van der Waals surface area contributed by atoms with Crippen molar-refractivity contribution in [3.8, 4) is 0 Å². The summed E-state index contributed by atoms with van der Waals surface area (Å²) < 4.78 is 0. The average molecular weight is 131 g/mol. The van der Waals surface area contributed by atoms with Crippen LogP contribution in [0.1, 0.15) is 19.8 Å². The van der Waals surface area contributed by atoms with Gasteiger partial charge in [0.1, 0.15) is 26.7 Å². The summed E-state index contributed by atoms with van der Waals surface area (Å²) in [6, 6.07) is 0. The van der Waals surface area contributed by atoms with Gasteiger partial charge in [0.25, 0.3) is 0 Å². The van der Waals surface area contributed by atoms with Crippen LogP contribution in [-0.2, 0) is 0 Å². The molecule has 0 rings (SSSR count). The maximum absolute atomic E-state index is 9.18. The molecule has 0 spiro atoms. The van der Waals surface area contributed by atoms with E-state index in [1.54, 1.807) is 0 Å². The van der Waals surface area contributed by atoms with E-state index in [1.165, 1.54) is 0 Å². The van der Waals surface area contributed by atoms with Crippen molar-refractivity contribution < 1.29 is 5.11 Å². The van der Waals surface area contributed by atoms with Gasteiger partial charge in [0, 0.05) is 0 Å². The first kappa shape index (κ1) is 8.92. The lowest BCUT2D eigenvalue weighted by atomic mass is 10.2. The normalized spacial score (nSPS) is 14.3. The molecule has 0 aliphatic rings. The zero-order valence-electron chi connectivity index (χ0n) is 6.59. The molecule has 0 aliphatic carbocycles. The Balaban J connectivity index is 3.15. The Labute approximate surface area is 57.5 Å².